The van der Waals surface area contributed by atoms with E-state index >= 15 is 0 Å². The molecule has 0 saturated carbocycles. The van der Waals surface area contributed by atoms with Crippen LogP contribution in [0.4, 0.5) is 0 Å². The van der Waals surface area contributed by atoms with Crippen LogP contribution in [0.3, 0.4) is 0 Å². The predicted molar refractivity (Wildman–Crippen MR) is 49.4 cm³/mol. The molecule has 0 amide bonds. The molecule has 0 aromatic heterocycles. The van der Waals surface area contributed by atoms with Crippen molar-refractivity contribution >= 4 is 0 Å². The molecule has 0 radical (unpaired) electrons. The van der Waals surface area contributed by atoms with Crippen LogP contribution in [0.5, 0.6) is 0 Å². The number of hydrogen-bond acceptors (Lipinski definition) is 1. The largest absolute Gasteiger partial charge is 0.382 e. The van der Waals surface area contributed by atoms with Gasteiger partial charge in [-0.3, -0.25) is 0 Å². The number of ether oxygens (including phenoxy) is 1. The van der Waals surface area contributed by atoms with Crippen molar-refractivity contribution in [1.29, 1.82) is 0 Å². The molecule has 0 saturated heterocycles. The molecule has 10 heavy (non-hydrogen) atoms. The summed E-state index contributed by atoms with van der Waals surface area (Å²) in [6.45, 7) is 10.5. The third-order valence-corrected chi connectivity index (χ3v) is 0.471. The molecule has 1 heteroatoms. The first kappa shape index (κ1) is 16.5. The van der Waals surface area contributed by atoms with E-state index in [0.717, 1.165) is 5.92 Å². The smallest absolute Gasteiger partial charge is 0.0515 e. The quantitative estimate of drug-likeness (QED) is 0.554. The maximum atomic E-state index is 4.75. The minimum Gasteiger partial charge on any atom is -0.382 e. The van der Waals surface area contributed by atoms with Crippen LogP contribution in [0.15, 0.2) is 0 Å². The zero-order valence-corrected chi connectivity index (χ0v) is 7.56. The van der Waals surface area contributed by atoms with E-state index in [-0.39, 0.29) is 7.43 Å². The Morgan fingerprint density at radius 2 is 1.00 bits per heavy atom. The number of hydrogen-bond donors (Lipinski definition) is 0. The van der Waals surface area contributed by atoms with Crippen molar-refractivity contribution in [2.45, 2.75) is 48.1 Å². The Balaban J connectivity index is -0.0000000910. The van der Waals surface area contributed by atoms with E-state index in [2.05, 4.69) is 20.8 Å². The van der Waals surface area contributed by atoms with Crippen molar-refractivity contribution in [3.05, 3.63) is 0 Å². The second kappa shape index (κ2) is 11.7. The number of methoxy groups -OCH3 is 1. The summed E-state index contributed by atoms with van der Waals surface area (Å²) in [5.41, 5.74) is 0. The summed E-state index contributed by atoms with van der Waals surface area (Å²) in [5.74, 6) is 0.833. The van der Waals surface area contributed by atoms with Gasteiger partial charge in [0.2, 0.25) is 0 Å². The van der Waals surface area contributed by atoms with Crippen molar-refractivity contribution in [2.24, 2.45) is 5.92 Å². The highest BCUT2D eigenvalue weighted by molar-refractivity contribution is 4.27. The molecular formula is C9H24O. The molecule has 0 unspecified atom stereocenters. The third-order valence-electron chi connectivity index (χ3n) is 0.471. The molecule has 1 nitrogen and oxygen atoms in total. The van der Waals surface area contributed by atoms with E-state index in [9.17, 15) is 0 Å². The van der Waals surface area contributed by atoms with Gasteiger partial charge < -0.3 is 4.74 Å². The lowest BCUT2D eigenvalue weighted by Gasteiger charge is -1.94. The molecule has 0 aliphatic rings. The monoisotopic (exact) mass is 148 g/mol. The minimum atomic E-state index is 0. The Hall–Kier alpha value is -0.0400. The number of rotatable bonds is 1. The molecule has 0 atom stereocenters. The summed E-state index contributed by atoms with van der Waals surface area (Å²) in [7, 11) is 1.70. The van der Waals surface area contributed by atoms with Gasteiger partial charge in [0.15, 0.2) is 0 Å². The molecule has 0 aromatic rings. The van der Waals surface area contributed by atoms with E-state index in [4.69, 9.17) is 4.74 Å². The maximum absolute atomic E-state index is 4.75. The van der Waals surface area contributed by atoms with Crippen LogP contribution < -0.4 is 0 Å². The van der Waals surface area contributed by atoms with Gasteiger partial charge >= 0.3 is 0 Å². The van der Waals surface area contributed by atoms with Crippen molar-refractivity contribution < 1.29 is 4.74 Å². The molecule has 0 spiro atoms. The van der Waals surface area contributed by atoms with Gasteiger partial charge in [-0.15, -0.1) is 0 Å². The molecule has 0 bridgehead atoms. The third kappa shape index (κ3) is 100. The van der Waals surface area contributed by atoms with Crippen LogP contribution in [-0.2, 0) is 4.74 Å². The van der Waals surface area contributed by atoms with E-state index in [0.29, 0.717) is 6.10 Å². The molecule has 0 N–H and O–H groups in total. The Labute approximate surface area is 66.8 Å². The summed E-state index contributed by atoms with van der Waals surface area (Å²) in [5, 5.41) is 0. The Morgan fingerprint density at radius 3 is 1.00 bits per heavy atom. The summed E-state index contributed by atoms with van der Waals surface area (Å²) < 4.78 is 4.75. The van der Waals surface area contributed by atoms with Crippen LogP contribution in [0.1, 0.15) is 42.0 Å². The second-order valence-corrected chi connectivity index (χ2v) is 3.02. The first-order valence-corrected chi connectivity index (χ1v) is 3.53. The summed E-state index contributed by atoms with van der Waals surface area (Å²) in [6, 6.07) is 0. The fourth-order valence-corrected chi connectivity index (χ4v) is 0. The zero-order chi connectivity index (χ0) is 7.86. The SMILES string of the molecule is C.CC(C)C.COC(C)C. The highest BCUT2D eigenvalue weighted by Crippen LogP contribution is 1.81. The van der Waals surface area contributed by atoms with Crippen LogP contribution in [0.2, 0.25) is 0 Å². The Kier molecular flexibility index (Phi) is 19.3. The van der Waals surface area contributed by atoms with Crippen molar-refractivity contribution in [2.75, 3.05) is 7.11 Å². The van der Waals surface area contributed by atoms with Crippen LogP contribution in [0, 0.1) is 5.92 Å². The summed E-state index contributed by atoms with van der Waals surface area (Å²) in [4.78, 5) is 0. The van der Waals surface area contributed by atoms with Crippen LogP contribution in [-0.4, -0.2) is 13.2 Å². The van der Waals surface area contributed by atoms with Crippen molar-refractivity contribution in [3.63, 3.8) is 0 Å². The highest BCUT2D eigenvalue weighted by atomic mass is 16.5. The first-order valence-electron chi connectivity index (χ1n) is 3.53. The predicted octanol–water partition coefficient (Wildman–Crippen LogP) is 3.34. The van der Waals surface area contributed by atoms with Gasteiger partial charge in [0.1, 0.15) is 0 Å². The minimum absolute atomic E-state index is 0. The molecule has 0 aromatic carbocycles. The lowest BCUT2D eigenvalue weighted by molar-refractivity contribution is 0.134. The summed E-state index contributed by atoms with van der Waals surface area (Å²) >= 11 is 0. The van der Waals surface area contributed by atoms with Crippen LogP contribution >= 0.6 is 0 Å². The fraction of sp³-hybridized carbons (Fsp3) is 1.00. The average Bonchev–Trinajstić information content (AvgIpc) is 1.65. The topological polar surface area (TPSA) is 9.23 Å². The van der Waals surface area contributed by atoms with E-state index < -0.39 is 0 Å². The van der Waals surface area contributed by atoms with Gasteiger partial charge in [-0.25, -0.2) is 0 Å². The molecule has 0 aliphatic heterocycles. The molecule has 0 fully saturated rings. The van der Waals surface area contributed by atoms with Gasteiger partial charge in [-0.2, -0.15) is 0 Å². The molecule has 66 valence electrons. The van der Waals surface area contributed by atoms with Gasteiger partial charge in [0.25, 0.3) is 0 Å². The summed E-state index contributed by atoms with van der Waals surface area (Å²) in [6.07, 6.45) is 0.384. The van der Waals surface area contributed by atoms with Gasteiger partial charge in [0, 0.05) is 7.11 Å². The van der Waals surface area contributed by atoms with E-state index in [1.54, 1.807) is 7.11 Å². The molecule has 0 rings (SSSR count). The van der Waals surface area contributed by atoms with Crippen molar-refractivity contribution in [1.82, 2.24) is 0 Å². The van der Waals surface area contributed by atoms with Gasteiger partial charge in [-0.1, -0.05) is 28.2 Å². The normalized spacial score (nSPS) is 8.40. The Morgan fingerprint density at radius 1 is 0.900 bits per heavy atom. The van der Waals surface area contributed by atoms with E-state index in [1.165, 1.54) is 0 Å². The lowest BCUT2D eigenvalue weighted by atomic mass is 10.3. The highest BCUT2D eigenvalue weighted by Gasteiger charge is 1.78. The van der Waals surface area contributed by atoms with Gasteiger partial charge in [-0.05, 0) is 19.8 Å². The average molecular weight is 148 g/mol. The lowest BCUT2D eigenvalue weighted by Crippen LogP contribution is -1.94. The van der Waals surface area contributed by atoms with Gasteiger partial charge in [0.05, 0.1) is 6.10 Å². The first-order chi connectivity index (χ1) is 4.00. The van der Waals surface area contributed by atoms with Crippen molar-refractivity contribution in [3.8, 4) is 0 Å². The van der Waals surface area contributed by atoms with E-state index in [1.807, 2.05) is 13.8 Å². The molecule has 0 aliphatic carbocycles. The van der Waals surface area contributed by atoms with Crippen LogP contribution in [0.25, 0.3) is 0 Å². The molecule has 0 heterocycles. The standard InChI is InChI=1S/C4H10O.C4H10.CH4/c1-4(2)5-3;1-4(2)3;/h4H,1-3H3;4H,1-3H3;1H4. The zero-order valence-electron chi connectivity index (χ0n) is 7.56. The second-order valence-electron chi connectivity index (χ2n) is 3.02. The molecular weight excluding hydrogens is 124 g/mol. The Bertz CT molecular complexity index is 37.2. The fourth-order valence-electron chi connectivity index (χ4n) is 0. The maximum Gasteiger partial charge on any atom is 0.0515 e.